The van der Waals surface area contributed by atoms with Gasteiger partial charge in [-0.25, -0.2) is 0 Å². The van der Waals surface area contributed by atoms with Crippen LogP contribution in [-0.4, -0.2) is 29.1 Å². The van der Waals surface area contributed by atoms with E-state index in [1.54, 1.807) is 12.3 Å². The van der Waals surface area contributed by atoms with Gasteiger partial charge in [0.05, 0.1) is 11.8 Å². The average molecular weight is 219 g/mol. The third-order valence-electron chi connectivity index (χ3n) is 2.90. The van der Waals surface area contributed by atoms with Crippen molar-refractivity contribution in [1.29, 1.82) is 5.41 Å². The molecule has 5 nitrogen and oxygen atoms in total. The highest BCUT2D eigenvalue weighted by molar-refractivity contribution is 5.99. The molecular weight excluding hydrogens is 202 g/mol. The second-order valence-electron chi connectivity index (χ2n) is 4.08. The van der Waals surface area contributed by atoms with Crippen molar-refractivity contribution in [3.63, 3.8) is 0 Å². The summed E-state index contributed by atoms with van der Waals surface area (Å²) < 4.78 is 0. The summed E-state index contributed by atoms with van der Waals surface area (Å²) in [5.74, 6) is 0.825. The number of anilines is 1. The average Bonchev–Trinajstić information content (AvgIpc) is 2.57. The predicted molar refractivity (Wildman–Crippen MR) is 63.7 cm³/mol. The number of nitrogen functional groups attached to an aromatic ring is 1. The van der Waals surface area contributed by atoms with Crippen LogP contribution in [0.5, 0.6) is 0 Å². The summed E-state index contributed by atoms with van der Waals surface area (Å²) in [6, 6.07) is 1.76. The van der Waals surface area contributed by atoms with Gasteiger partial charge in [0.15, 0.2) is 5.82 Å². The first-order chi connectivity index (χ1) is 7.79. The van der Waals surface area contributed by atoms with Gasteiger partial charge in [-0.3, -0.25) is 5.41 Å². The molecule has 1 aliphatic rings. The van der Waals surface area contributed by atoms with E-state index in [2.05, 4.69) is 15.1 Å². The van der Waals surface area contributed by atoms with Crippen LogP contribution >= 0.6 is 0 Å². The van der Waals surface area contributed by atoms with Crippen molar-refractivity contribution in [2.75, 3.05) is 18.0 Å². The quantitative estimate of drug-likeness (QED) is 0.577. The molecule has 0 aromatic carbocycles. The molecule has 0 bridgehead atoms. The summed E-state index contributed by atoms with van der Waals surface area (Å²) in [5.41, 5.74) is 6.24. The highest BCUT2D eigenvalue weighted by Crippen LogP contribution is 2.19. The number of nitrogens with zero attached hydrogens (tertiary/aromatic N) is 3. The largest absolute Gasteiger partial charge is 0.384 e. The van der Waals surface area contributed by atoms with Crippen molar-refractivity contribution in [1.82, 2.24) is 10.2 Å². The fourth-order valence-electron chi connectivity index (χ4n) is 2.05. The summed E-state index contributed by atoms with van der Waals surface area (Å²) in [5, 5.41) is 15.5. The van der Waals surface area contributed by atoms with Gasteiger partial charge in [-0.05, 0) is 18.9 Å². The number of hydrogen-bond donors (Lipinski definition) is 2. The van der Waals surface area contributed by atoms with E-state index in [-0.39, 0.29) is 5.84 Å². The zero-order valence-electron chi connectivity index (χ0n) is 9.32. The molecule has 2 rings (SSSR count). The van der Waals surface area contributed by atoms with Gasteiger partial charge in [-0.15, -0.1) is 5.10 Å². The minimum Gasteiger partial charge on any atom is -0.384 e. The van der Waals surface area contributed by atoms with E-state index in [1.807, 2.05) is 0 Å². The lowest BCUT2D eigenvalue weighted by atomic mass is 10.2. The van der Waals surface area contributed by atoms with E-state index in [4.69, 9.17) is 11.1 Å². The zero-order valence-corrected chi connectivity index (χ0v) is 9.32. The molecule has 0 amide bonds. The summed E-state index contributed by atoms with van der Waals surface area (Å²) in [4.78, 5) is 2.19. The van der Waals surface area contributed by atoms with Gasteiger partial charge in [0.1, 0.15) is 5.84 Å². The van der Waals surface area contributed by atoms with Crippen LogP contribution in [0.1, 0.15) is 31.2 Å². The molecule has 1 fully saturated rings. The van der Waals surface area contributed by atoms with Gasteiger partial charge in [0, 0.05) is 13.1 Å². The van der Waals surface area contributed by atoms with Gasteiger partial charge in [-0.2, -0.15) is 5.10 Å². The SMILES string of the molecule is N=C(N)c1ccnnc1N1CCCCCC1. The highest BCUT2D eigenvalue weighted by atomic mass is 15.3. The van der Waals surface area contributed by atoms with Crippen molar-refractivity contribution < 1.29 is 0 Å². The Morgan fingerprint density at radius 3 is 2.56 bits per heavy atom. The molecule has 2 heterocycles. The summed E-state index contributed by atoms with van der Waals surface area (Å²) in [6.07, 6.45) is 6.47. The summed E-state index contributed by atoms with van der Waals surface area (Å²) in [7, 11) is 0. The van der Waals surface area contributed by atoms with Crippen molar-refractivity contribution in [3.05, 3.63) is 17.8 Å². The van der Waals surface area contributed by atoms with E-state index in [9.17, 15) is 0 Å². The van der Waals surface area contributed by atoms with Crippen molar-refractivity contribution in [2.45, 2.75) is 25.7 Å². The van der Waals surface area contributed by atoms with Crippen LogP contribution in [0, 0.1) is 5.41 Å². The van der Waals surface area contributed by atoms with E-state index < -0.39 is 0 Å². The molecule has 1 aromatic rings. The Balaban J connectivity index is 2.27. The third kappa shape index (κ3) is 2.29. The standard InChI is InChI=1S/C11H17N5/c12-10(13)9-5-6-14-15-11(9)16-7-3-1-2-4-8-16/h5-6H,1-4,7-8H2,(H3,12,13). The van der Waals surface area contributed by atoms with Gasteiger partial charge in [0.2, 0.25) is 0 Å². The molecule has 0 atom stereocenters. The lowest BCUT2D eigenvalue weighted by Crippen LogP contribution is -2.28. The second kappa shape index (κ2) is 4.92. The molecule has 5 heteroatoms. The number of hydrogen-bond acceptors (Lipinski definition) is 4. The van der Waals surface area contributed by atoms with Gasteiger partial charge in [0.25, 0.3) is 0 Å². The molecule has 1 aliphatic heterocycles. The first-order valence-corrected chi connectivity index (χ1v) is 5.70. The third-order valence-corrected chi connectivity index (χ3v) is 2.90. The van der Waals surface area contributed by atoms with Crippen LogP contribution in [0.4, 0.5) is 5.82 Å². The van der Waals surface area contributed by atoms with Crippen LogP contribution in [0.3, 0.4) is 0 Å². The Morgan fingerprint density at radius 1 is 1.25 bits per heavy atom. The van der Waals surface area contributed by atoms with Crippen LogP contribution in [0.15, 0.2) is 12.3 Å². The highest BCUT2D eigenvalue weighted by Gasteiger charge is 2.16. The monoisotopic (exact) mass is 219 g/mol. The molecule has 1 aromatic heterocycles. The van der Waals surface area contributed by atoms with E-state index in [0.29, 0.717) is 5.56 Å². The lowest BCUT2D eigenvalue weighted by Gasteiger charge is -2.22. The molecule has 0 radical (unpaired) electrons. The molecule has 16 heavy (non-hydrogen) atoms. The molecular formula is C11H17N5. The minimum absolute atomic E-state index is 0.0640. The van der Waals surface area contributed by atoms with E-state index >= 15 is 0 Å². The minimum atomic E-state index is 0.0640. The van der Waals surface area contributed by atoms with Crippen LogP contribution in [0.2, 0.25) is 0 Å². The summed E-state index contributed by atoms with van der Waals surface area (Å²) in [6.45, 7) is 1.97. The number of aromatic nitrogens is 2. The van der Waals surface area contributed by atoms with E-state index in [0.717, 1.165) is 18.9 Å². The Hall–Kier alpha value is -1.65. The summed E-state index contributed by atoms with van der Waals surface area (Å²) >= 11 is 0. The zero-order chi connectivity index (χ0) is 11.4. The van der Waals surface area contributed by atoms with Crippen molar-refractivity contribution >= 4 is 11.7 Å². The predicted octanol–water partition coefficient (Wildman–Crippen LogP) is 1.14. The van der Waals surface area contributed by atoms with Crippen LogP contribution < -0.4 is 10.6 Å². The second-order valence-corrected chi connectivity index (χ2v) is 4.08. The number of rotatable bonds is 2. The maximum atomic E-state index is 7.53. The first kappa shape index (κ1) is 10.9. The maximum absolute atomic E-state index is 7.53. The molecule has 0 unspecified atom stereocenters. The van der Waals surface area contributed by atoms with Crippen LogP contribution in [-0.2, 0) is 0 Å². The fraction of sp³-hybridized carbons (Fsp3) is 0.545. The molecule has 3 N–H and O–H groups in total. The maximum Gasteiger partial charge on any atom is 0.162 e. The lowest BCUT2D eigenvalue weighted by molar-refractivity contribution is 0.726. The topological polar surface area (TPSA) is 78.9 Å². The van der Waals surface area contributed by atoms with Crippen LogP contribution in [0.25, 0.3) is 0 Å². The number of nitrogens with two attached hydrogens (primary N) is 1. The first-order valence-electron chi connectivity index (χ1n) is 5.70. The number of amidine groups is 1. The Kier molecular flexibility index (Phi) is 3.34. The van der Waals surface area contributed by atoms with Crippen molar-refractivity contribution in [2.24, 2.45) is 5.73 Å². The molecule has 0 spiro atoms. The molecule has 0 saturated carbocycles. The van der Waals surface area contributed by atoms with Crippen molar-refractivity contribution in [3.8, 4) is 0 Å². The Morgan fingerprint density at radius 2 is 1.94 bits per heavy atom. The van der Waals surface area contributed by atoms with Gasteiger partial charge in [-0.1, -0.05) is 12.8 Å². The molecule has 1 saturated heterocycles. The van der Waals surface area contributed by atoms with E-state index in [1.165, 1.54) is 25.7 Å². The Bertz CT molecular complexity index is 368. The van der Waals surface area contributed by atoms with Gasteiger partial charge < -0.3 is 10.6 Å². The Labute approximate surface area is 95.2 Å². The van der Waals surface area contributed by atoms with Gasteiger partial charge >= 0.3 is 0 Å². The molecule has 0 aliphatic carbocycles. The smallest absolute Gasteiger partial charge is 0.162 e. The normalized spacial score (nSPS) is 16.9. The molecule has 86 valence electrons. The fourth-order valence-corrected chi connectivity index (χ4v) is 2.05. The number of nitrogens with one attached hydrogen (secondary N) is 1.